The van der Waals surface area contributed by atoms with E-state index in [0.717, 1.165) is 25.7 Å². The number of piperidine rings is 1. The van der Waals surface area contributed by atoms with Gasteiger partial charge in [0.2, 0.25) is 5.91 Å². The second kappa shape index (κ2) is 8.64. The summed E-state index contributed by atoms with van der Waals surface area (Å²) in [5, 5.41) is 4.99. The van der Waals surface area contributed by atoms with E-state index in [9.17, 15) is 13.2 Å². The first-order valence-electron chi connectivity index (χ1n) is 9.39. The molecule has 0 unspecified atom stereocenters. The molecule has 7 heteroatoms. The van der Waals surface area contributed by atoms with Crippen molar-refractivity contribution in [3.05, 3.63) is 17.5 Å². The molecule has 140 valence electrons. The first-order valence-corrected chi connectivity index (χ1v) is 11.7. The molecule has 1 saturated carbocycles. The lowest BCUT2D eigenvalue weighted by atomic mass is 9.94. The Balaban J connectivity index is 1.45. The van der Waals surface area contributed by atoms with Gasteiger partial charge in [-0.25, -0.2) is 8.42 Å². The summed E-state index contributed by atoms with van der Waals surface area (Å²) in [5.41, 5.74) is 0. The van der Waals surface area contributed by atoms with Crippen molar-refractivity contribution >= 4 is 27.3 Å². The van der Waals surface area contributed by atoms with Crippen LogP contribution in [-0.4, -0.2) is 37.8 Å². The molecule has 2 fully saturated rings. The molecule has 0 aromatic carbocycles. The van der Waals surface area contributed by atoms with Crippen LogP contribution >= 0.6 is 11.3 Å². The summed E-state index contributed by atoms with van der Waals surface area (Å²) in [5.74, 6) is 0.437. The molecular weight excluding hydrogens is 356 g/mol. The fourth-order valence-electron chi connectivity index (χ4n) is 3.86. The molecule has 0 spiro atoms. The number of nitrogens with zero attached hydrogens (tertiary/aromatic N) is 1. The van der Waals surface area contributed by atoms with E-state index in [-0.39, 0.29) is 5.91 Å². The lowest BCUT2D eigenvalue weighted by molar-refractivity contribution is -0.123. The Bertz CT molecular complexity index is 642. The molecule has 0 bridgehead atoms. The van der Waals surface area contributed by atoms with Crippen molar-refractivity contribution in [2.24, 2.45) is 5.92 Å². The van der Waals surface area contributed by atoms with Gasteiger partial charge < -0.3 is 5.32 Å². The van der Waals surface area contributed by atoms with Crippen LogP contribution in [0.25, 0.3) is 0 Å². The van der Waals surface area contributed by atoms with Crippen LogP contribution < -0.4 is 5.32 Å². The largest absolute Gasteiger partial charge is 0.353 e. The predicted octanol–water partition coefficient (Wildman–Crippen LogP) is 3.38. The maximum absolute atomic E-state index is 12.5. The number of carbonyl (C=O) groups is 1. The van der Waals surface area contributed by atoms with Gasteiger partial charge in [-0.05, 0) is 43.0 Å². The van der Waals surface area contributed by atoms with Gasteiger partial charge in [0.25, 0.3) is 10.0 Å². The van der Waals surface area contributed by atoms with Gasteiger partial charge in [0.05, 0.1) is 0 Å². The summed E-state index contributed by atoms with van der Waals surface area (Å²) in [7, 11) is -3.35. The lowest BCUT2D eigenvalue weighted by Gasteiger charge is -2.30. The van der Waals surface area contributed by atoms with Crippen LogP contribution in [0.5, 0.6) is 0 Å². The Kier molecular flexibility index (Phi) is 6.52. The fraction of sp³-hybridized carbons (Fsp3) is 0.722. The van der Waals surface area contributed by atoms with Gasteiger partial charge in [0.15, 0.2) is 0 Å². The minimum absolute atomic E-state index is 0.145. The molecule has 2 heterocycles. The van der Waals surface area contributed by atoms with Crippen LogP contribution in [0, 0.1) is 5.92 Å². The monoisotopic (exact) mass is 384 g/mol. The first kappa shape index (κ1) is 18.9. The van der Waals surface area contributed by atoms with Crippen molar-refractivity contribution in [3.8, 4) is 0 Å². The highest BCUT2D eigenvalue weighted by Gasteiger charge is 2.31. The second-order valence-corrected chi connectivity index (χ2v) is 10.4. The molecule has 25 heavy (non-hydrogen) atoms. The minimum Gasteiger partial charge on any atom is -0.353 e. The summed E-state index contributed by atoms with van der Waals surface area (Å²) in [6, 6.07) is 3.77. The summed E-state index contributed by atoms with van der Waals surface area (Å²) >= 11 is 1.26. The number of rotatable bonds is 5. The Hall–Kier alpha value is -0.920. The number of sulfonamides is 1. The highest BCUT2D eigenvalue weighted by molar-refractivity contribution is 7.91. The maximum atomic E-state index is 12.5. The van der Waals surface area contributed by atoms with Crippen molar-refractivity contribution in [2.45, 2.75) is 68.0 Å². The smallest absolute Gasteiger partial charge is 0.252 e. The van der Waals surface area contributed by atoms with E-state index in [1.165, 1.54) is 37.0 Å². The van der Waals surface area contributed by atoms with E-state index < -0.39 is 10.0 Å². The van der Waals surface area contributed by atoms with Crippen LogP contribution in [0.2, 0.25) is 0 Å². The van der Waals surface area contributed by atoms with Crippen molar-refractivity contribution in [1.29, 1.82) is 0 Å². The zero-order valence-electron chi connectivity index (χ0n) is 14.7. The van der Waals surface area contributed by atoms with E-state index in [1.54, 1.807) is 21.8 Å². The third kappa shape index (κ3) is 5.05. The normalized spacial score (nSPS) is 21.8. The number of carbonyl (C=O) groups excluding carboxylic acids is 1. The van der Waals surface area contributed by atoms with E-state index >= 15 is 0 Å². The summed E-state index contributed by atoms with van der Waals surface area (Å²) in [6.45, 7) is 1.03. The molecule has 1 amide bonds. The molecule has 1 aliphatic carbocycles. The molecule has 1 N–H and O–H groups in total. The molecule has 0 radical (unpaired) electrons. The SMILES string of the molecule is O=C(CC1CCN(S(=O)(=O)c2cccs2)CC1)NC1CCCCCC1. The van der Waals surface area contributed by atoms with E-state index in [2.05, 4.69) is 5.32 Å². The third-order valence-corrected chi connectivity index (χ3v) is 8.63. The Labute approximate surface area is 154 Å². The first-order chi connectivity index (χ1) is 12.1. The van der Waals surface area contributed by atoms with Gasteiger partial charge in [-0.2, -0.15) is 4.31 Å². The molecule has 1 saturated heterocycles. The van der Waals surface area contributed by atoms with E-state index in [1.807, 2.05) is 0 Å². The van der Waals surface area contributed by atoms with Crippen LogP contribution in [-0.2, 0) is 14.8 Å². The quantitative estimate of drug-likeness (QED) is 0.792. The van der Waals surface area contributed by atoms with Gasteiger partial charge in [0, 0.05) is 25.6 Å². The van der Waals surface area contributed by atoms with Crippen molar-refractivity contribution < 1.29 is 13.2 Å². The number of thiophene rings is 1. The van der Waals surface area contributed by atoms with E-state index in [4.69, 9.17) is 0 Å². The lowest BCUT2D eigenvalue weighted by Crippen LogP contribution is -2.40. The average Bonchev–Trinajstić information content (AvgIpc) is 3.03. The highest BCUT2D eigenvalue weighted by atomic mass is 32.2. The molecule has 5 nitrogen and oxygen atoms in total. The zero-order chi connectivity index (χ0) is 17.7. The molecule has 3 rings (SSSR count). The Morgan fingerprint density at radius 1 is 1.12 bits per heavy atom. The molecule has 1 aromatic rings. The van der Waals surface area contributed by atoms with Crippen molar-refractivity contribution in [1.82, 2.24) is 9.62 Å². The second-order valence-electron chi connectivity index (χ2n) is 7.24. The highest BCUT2D eigenvalue weighted by Crippen LogP contribution is 2.27. The summed E-state index contributed by atoms with van der Waals surface area (Å²) < 4.78 is 27.0. The van der Waals surface area contributed by atoms with Crippen molar-refractivity contribution in [2.75, 3.05) is 13.1 Å². The number of hydrogen-bond donors (Lipinski definition) is 1. The van der Waals surface area contributed by atoms with Crippen molar-refractivity contribution in [3.63, 3.8) is 0 Å². The van der Waals surface area contributed by atoms with E-state index in [0.29, 0.717) is 35.7 Å². The van der Waals surface area contributed by atoms with Gasteiger partial charge in [0.1, 0.15) is 4.21 Å². The topological polar surface area (TPSA) is 66.5 Å². The fourth-order valence-corrected chi connectivity index (χ4v) is 6.48. The number of nitrogens with one attached hydrogen (secondary N) is 1. The van der Waals surface area contributed by atoms with Gasteiger partial charge >= 0.3 is 0 Å². The van der Waals surface area contributed by atoms with Gasteiger partial charge in [-0.15, -0.1) is 11.3 Å². The molecule has 2 aliphatic rings. The standard InChI is InChI=1S/C18H28N2O3S2/c21-17(19-16-6-3-1-2-4-7-16)14-15-9-11-20(12-10-15)25(22,23)18-8-5-13-24-18/h5,8,13,15-16H,1-4,6-7,9-12,14H2,(H,19,21). The van der Waals surface area contributed by atoms with Crippen LogP contribution in [0.3, 0.4) is 0 Å². The van der Waals surface area contributed by atoms with Gasteiger partial charge in [-0.1, -0.05) is 31.7 Å². The van der Waals surface area contributed by atoms with Crippen LogP contribution in [0.4, 0.5) is 0 Å². The number of amides is 1. The average molecular weight is 385 g/mol. The molecule has 1 aliphatic heterocycles. The summed E-state index contributed by atoms with van der Waals surface area (Å²) in [4.78, 5) is 12.3. The predicted molar refractivity (Wildman–Crippen MR) is 100 cm³/mol. The Morgan fingerprint density at radius 3 is 2.40 bits per heavy atom. The minimum atomic E-state index is -3.35. The third-order valence-electron chi connectivity index (χ3n) is 5.36. The Morgan fingerprint density at radius 2 is 1.80 bits per heavy atom. The van der Waals surface area contributed by atoms with Gasteiger partial charge in [-0.3, -0.25) is 4.79 Å². The maximum Gasteiger partial charge on any atom is 0.252 e. The summed E-state index contributed by atoms with van der Waals surface area (Å²) in [6.07, 6.45) is 9.25. The van der Waals surface area contributed by atoms with Crippen LogP contribution in [0.15, 0.2) is 21.7 Å². The molecular formula is C18H28N2O3S2. The van der Waals surface area contributed by atoms with Crippen LogP contribution in [0.1, 0.15) is 57.8 Å². The molecule has 1 aromatic heterocycles. The molecule has 0 atom stereocenters. The number of hydrogen-bond acceptors (Lipinski definition) is 4. The zero-order valence-corrected chi connectivity index (χ0v) is 16.3.